The molecule has 0 spiro atoms. The first-order chi connectivity index (χ1) is 10.2. The number of ether oxygens (including phenoxy) is 2. The Hall–Kier alpha value is -2.54. The van der Waals surface area contributed by atoms with Crippen LogP contribution in [0, 0.1) is 0 Å². The zero-order chi connectivity index (χ0) is 15.2. The van der Waals surface area contributed by atoms with E-state index in [1.807, 2.05) is 0 Å². The lowest BCUT2D eigenvalue weighted by atomic mass is 10.1. The molecule has 1 heterocycles. The normalized spacial score (nSPS) is 10.4. The van der Waals surface area contributed by atoms with Crippen LogP contribution >= 0.6 is 0 Å². The number of hydrogen-bond acceptors (Lipinski definition) is 5. The van der Waals surface area contributed by atoms with E-state index in [-0.39, 0.29) is 5.91 Å². The summed E-state index contributed by atoms with van der Waals surface area (Å²) in [5.74, 6) is 0.0931. The van der Waals surface area contributed by atoms with E-state index in [0.717, 1.165) is 0 Å². The van der Waals surface area contributed by atoms with Gasteiger partial charge in [-0.3, -0.25) is 9.48 Å². The topological polar surface area (TPSA) is 91.4 Å². The molecule has 0 aliphatic rings. The largest absolute Gasteiger partial charge is 0.496 e. The molecule has 2 aromatic rings. The predicted molar refractivity (Wildman–Crippen MR) is 79.5 cm³/mol. The van der Waals surface area contributed by atoms with Gasteiger partial charge in [-0.25, -0.2) is 0 Å². The number of aromatic nitrogens is 2. The number of benzene rings is 1. The molecule has 0 atom stereocenters. The molecule has 0 bridgehead atoms. The molecule has 1 aromatic heterocycles. The minimum absolute atomic E-state index is 0.310. The van der Waals surface area contributed by atoms with Gasteiger partial charge in [0.1, 0.15) is 11.3 Å². The third kappa shape index (κ3) is 3.51. The van der Waals surface area contributed by atoms with Gasteiger partial charge in [0.15, 0.2) is 0 Å². The van der Waals surface area contributed by atoms with Crippen molar-refractivity contribution in [3.8, 4) is 5.75 Å². The molecule has 1 amide bonds. The number of rotatable bonds is 6. The van der Waals surface area contributed by atoms with Gasteiger partial charge in [0, 0.05) is 19.0 Å². The van der Waals surface area contributed by atoms with Crippen LogP contribution in [-0.4, -0.2) is 36.5 Å². The summed E-state index contributed by atoms with van der Waals surface area (Å²) in [5.41, 5.74) is 7.10. The number of nitrogens with two attached hydrogens (primary N) is 1. The highest BCUT2D eigenvalue weighted by molar-refractivity contribution is 6.09. The summed E-state index contributed by atoms with van der Waals surface area (Å²) in [6.07, 6.45) is 3.29. The van der Waals surface area contributed by atoms with E-state index in [9.17, 15) is 4.79 Å². The summed E-state index contributed by atoms with van der Waals surface area (Å²) in [4.78, 5) is 12.3. The van der Waals surface area contributed by atoms with Crippen molar-refractivity contribution in [1.29, 1.82) is 0 Å². The third-order valence-electron chi connectivity index (χ3n) is 2.92. The van der Waals surface area contributed by atoms with Gasteiger partial charge in [0.05, 0.1) is 32.1 Å². The van der Waals surface area contributed by atoms with Crippen LogP contribution in [0.2, 0.25) is 0 Å². The lowest BCUT2D eigenvalue weighted by molar-refractivity contribution is 0.102. The molecule has 1 aromatic carbocycles. The Balaban J connectivity index is 2.13. The van der Waals surface area contributed by atoms with Crippen molar-refractivity contribution >= 4 is 17.3 Å². The molecule has 2 rings (SSSR count). The Morgan fingerprint density at radius 2 is 2.24 bits per heavy atom. The lowest BCUT2D eigenvalue weighted by Crippen LogP contribution is -2.15. The molecular weight excluding hydrogens is 272 g/mol. The van der Waals surface area contributed by atoms with E-state index >= 15 is 0 Å². The molecular formula is C14H18N4O3. The van der Waals surface area contributed by atoms with E-state index in [2.05, 4.69) is 10.4 Å². The minimum atomic E-state index is -0.337. The number of hydrogen-bond donors (Lipinski definition) is 2. The number of nitrogens with zero attached hydrogens (tertiary/aromatic N) is 2. The Morgan fingerprint density at radius 1 is 1.43 bits per heavy atom. The van der Waals surface area contributed by atoms with Crippen LogP contribution in [0.1, 0.15) is 10.4 Å². The fourth-order valence-electron chi connectivity index (χ4n) is 1.89. The number of nitrogen functional groups attached to an aromatic ring is 1. The zero-order valence-corrected chi connectivity index (χ0v) is 12.0. The monoisotopic (exact) mass is 290 g/mol. The Bertz CT molecular complexity index is 624. The quantitative estimate of drug-likeness (QED) is 0.784. The second-order valence-electron chi connectivity index (χ2n) is 4.36. The highest BCUT2D eigenvalue weighted by Crippen LogP contribution is 2.25. The van der Waals surface area contributed by atoms with Crippen molar-refractivity contribution in [2.75, 3.05) is 31.9 Å². The molecule has 0 saturated carbocycles. The molecule has 21 heavy (non-hydrogen) atoms. The van der Waals surface area contributed by atoms with Gasteiger partial charge < -0.3 is 20.5 Å². The lowest BCUT2D eigenvalue weighted by Gasteiger charge is -2.10. The number of methoxy groups -OCH3 is 2. The third-order valence-corrected chi connectivity index (χ3v) is 2.92. The van der Waals surface area contributed by atoms with Gasteiger partial charge in [0.2, 0.25) is 0 Å². The fraction of sp³-hybridized carbons (Fsp3) is 0.286. The molecule has 7 nitrogen and oxygen atoms in total. The van der Waals surface area contributed by atoms with Crippen LogP contribution < -0.4 is 15.8 Å². The second kappa shape index (κ2) is 6.76. The van der Waals surface area contributed by atoms with E-state index in [4.69, 9.17) is 15.2 Å². The van der Waals surface area contributed by atoms with Crippen molar-refractivity contribution in [3.05, 3.63) is 36.2 Å². The van der Waals surface area contributed by atoms with Gasteiger partial charge in [-0.2, -0.15) is 5.10 Å². The molecule has 0 fully saturated rings. The van der Waals surface area contributed by atoms with E-state index < -0.39 is 0 Å². The number of amides is 1. The SMILES string of the molecule is COCCn1cc(NC(=O)c2c(N)cccc2OC)cn1. The Labute approximate surface area is 122 Å². The molecule has 0 aliphatic carbocycles. The maximum atomic E-state index is 12.3. The van der Waals surface area contributed by atoms with Gasteiger partial charge in [-0.15, -0.1) is 0 Å². The first-order valence-electron chi connectivity index (χ1n) is 6.41. The van der Waals surface area contributed by atoms with Crippen LogP contribution in [0.4, 0.5) is 11.4 Å². The first kappa shape index (κ1) is 14.9. The van der Waals surface area contributed by atoms with Gasteiger partial charge in [0.25, 0.3) is 5.91 Å². The zero-order valence-electron chi connectivity index (χ0n) is 12.0. The maximum absolute atomic E-state index is 12.3. The maximum Gasteiger partial charge on any atom is 0.261 e. The average molecular weight is 290 g/mol. The van der Waals surface area contributed by atoms with Crippen molar-refractivity contribution in [2.24, 2.45) is 0 Å². The smallest absolute Gasteiger partial charge is 0.261 e. The van der Waals surface area contributed by atoms with Crippen LogP contribution in [0.25, 0.3) is 0 Å². The molecule has 0 radical (unpaired) electrons. The second-order valence-corrected chi connectivity index (χ2v) is 4.36. The van der Waals surface area contributed by atoms with E-state index in [1.54, 1.807) is 42.4 Å². The van der Waals surface area contributed by atoms with Gasteiger partial charge >= 0.3 is 0 Å². The van der Waals surface area contributed by atoms with Crippen molar-refractivity contribution in [3.63, 3.8) is 0 Å². The number of nitrogens with one attached hydrogen (secondary N) is 1. The number of anilines is 2. The van der Waals surface area contributed by atoms with E-state index in [0.29, 0.717) is 35.8 Å². The highest BCUT2D eigenvalue weighted by atomic mass is 16.5. The van der Waals surface area contributed by atoms with Crippen LogP contribution in [-0.2, 0) is 11.3 Å². The summed E-state index contributed by atoms with van der Waals surface area (Å²) in [6, 6.07) is 5.07. The Morgan fingerprint density at radius 3 is 2.95 bits per heavy atom. The summed E-state index contributed by atoms with van der Waals surface area (Å²) in [7, 11) is 3.12. The fourth-order valence-corrected chi connectivity index (χ4v) is 1.89. The van der Waals surface area contributed by atoms with E-state index in [1.165, 1.54) is 7.11 Å². The summed E-state index contributed by atoms with van der Waals surface area (Å²) >= 11 is 0. The summed E-state index contributed by atoms with van der Waals surface area (Å²) in [6.45, 7) is 1.16. The van der Waals surface area contributed by atoms with Crippen LogP contribution in [0.3, 0.4) is 0 Å². The molecule has 0 unspecified atom stereocenters. The molecule has 0 aliphatic heterocycles. The standard InChI is InChI=1S/C14H18N4O3/c1-20-7-6-18-9-10(8-16-18)17-14(19)13-11(15)4-3-5-12(13)21-2/h3-5,8-9H,6-7,15H2,1-2H3,(H,17,19). The van der Waals surface area contributed by atoms with Crippen molar-refractivity contribution < 1.29 is 14.3 Å². The highest BCUT2D eigenvalue weighted by Gasteiger charge is 2.16. The minimum Gasteiger partial charge on any atom is -0.496 e. The predicted octanol–water partition coefficient (Wildman–Crippen LogP) is 1.37. The van der Waals surface area contributed by atoms with Gasteiger partial charge in [-0.1, -0.05) is 6.07 Å². The molecule has 112 valence electrons. The van der Waals surface area contributed by atoms with Crippen LogP contribution in [0.5, 0.6) is 5.75 Å². The summed E-state index contributed by atoms with van der Waals surface area (Å²) in [5, 5.41) is 6.87. The average Bonchev–Trinajstić information content (AvgIpc) is 2.92. The first-order valence-corrected chi connectivity index (χ1v) is 6.41. The molecule has 3 N–H and O–H groups in total. The number of carbonyl (C=O) groups is 1. The molecule has 7 heteroatoms. The van der Waals surface area contributed by atoms with Gasteiger partial charge in [-0.05, 0) is 12.1 Å². The summed E-state index contributed by atoms with van der Waals surface area (Å²) < 4.78 is 11.8. The van der Waals surface area contributed by atoms with Crippen molar-refractivity contribution in [2.45, 2.75) is 6.54 Å². The Kier molecular flexibility index (Phi) is 4.78. The number of carbonyl (C=O) groups excluding carboxylic acids is 1. The molecule has 0 saturated heterocycles. The van der Waals surface area contributed by atoms with Crippen molar-refractivity contribution in [1.82, 2.24) is 9.78 Å². The van der Waals surface area contributed by atoms with Crippen LogP contribution in [0.15, 0.2) is 30.6 Å².